The molecule has 0 saturated heterocycles. The van der Waals surface area contributed by atoms with E-state index in [1.807, 2.05) is 0 Å². The molecule has 0 fully saturated rings. The third-order valence-electron chi connectivity index (χ3n) is 2.07. The van der Waals surface area contributed by atoms with E-state index >= 15 is 0 Å². The molecule has 0 saturated carbocycles. The molecule has 1 aromatic rings. The van der Waals surface area contributed by atoms with Gasteiger partial charge in [0.05, 0.1) is 15.2 Å². The molecule has 1 rings (SSSR count). The Labute approximate surface area is 121 Å². The van der Waals surface area contributed by atoms with E-state index in [0.29, 0.717) is 4.88 Å². The van der Waals surface area contributed by atoms with Gasteiger partial charge in [-0.25, -0.2) is 0 Å². The molecule has 0 aromatic carbocycles. The molecular formula is C10H12Br2N2O2S. The highest BCUT2D eigenvalue weighted by molar-refractivity contribution is 9.13. The van der Waals surface area contributed by atoms with Gasteiger partial charge in [-0.05, 0) is 37.9 Å². The van der Waals surface area contributed by atoms with Crippen LogP contribution in [0.1, 0.15) is 9.67 Å². The number of thiophene rings is 1. The molecule has 2 amide bonds. The summed E-state index contributed by atoms with van der Waals surface area (Å²) in [7, 11) is 4.95. The van der Waals surface area contributed by atoms with Gasteiger partial charge in [0, 0.05) is 25.6 Å². The van der Waals surface area contributed by atoms with Crippen molar-refractivity contribution in [2.75, 3.05) is 27.7 Å². The first kappa shape index (κ1) is 14.7. The second kappa shape index (κ2) is 5.97. The van der Waals surface area contributed by atoms with E-state index in [1.165, 1.54) is 21.1 Å². The van der Waals surface area contributed by atoms with Crippen LogP contribution in [-0.2, 0) is 4.79 Å². The third-order valence-corrected chi connectivity index (χ3v) is 5.32. The number of hydrogen-bond donors (Lipinski definition) is 0. The van der Waals surface area contributed by atoms with Crippen LogP contribution in [0.4, 0.5) is 0 Å². The molecule has 0 aliphatic rings. The summed E-state index contributed by atoms with van der Waals surface area (Å²) in [6.07, 6.45) is 0. The normalized spacial score (nSPS) is 10.2. The highest BCUT2D eigenvalue weighted by Gasteiger charge is 2.18. The zero-order valence-corrected chi connectivity index (χ0v) is 13.6. The zero-order valence-electron chi connectivity index (χ0n) is 9.66. The van der Waals surface area contributed by atoms with Gasteiger partial charge in [-0.2, -0.15) is 0 Å². The lowest BCUT2D eigenvalue weighted by molar-refractivity contribution is -0.129. The van der Waals surface area contributed by atoms with Crippen molar-refractivity contribution in [1.29, 1.82) is 0 Å². The predicted molar refractivity (Wildman–Crippen MR) is 75.4 cm³/mol. The second-order valence-corrected chi connectivity index (χ2v) is 6.91. The van der Waals surface area contributed by atoms with Crippen molar-refractivity contribution in [2.45, 2.75) is 0 Å². The summed E-state index contributed by atoms with van der Waals surface area (Å²) in [6, 6.07) is 1.74. The molecule has 0 N–H and O–H groups in total. The SMILES string of the molecule is CN(C)C(=O)CN(C)C(=O)c1cc(Br)c(Br)s1. The summed E-state index contributed by atoms with van der Waals surface area (Å²) in [5.74, 6) is -0.257. The molecule has 7 heteroatoms. The first-order valence-electron chi connectivity index (χ1n) is 4.73. The number of carbonyl (C=O) groups excluding carboxylic acids is 2. The Morgan fingerprint density at radius 3 is 2.29 bits per heavy atom. The van der Waals surface area contributed by atoms with E-state index in [-0.39, 0.29) is 18.4 Å². The minimum absolute atomic E-state index is 0.0823. The number of amides is 2. The van der Waals surface area contributed by atoms with Crippen molar-refractivity contribution in [3.05, 3.63) is 19.2 Å². The van der Waals surface area contributed by atoms with Crippen LogP contribution >= 0.6 is 43.2 Å². The van der Waals surface area contributed by atoms with Crippen LogP contribution in [0.5, 0.6) is 0 Å². The highest BCUT2D eigenvalue weighted by atomic mass is 79.9. The van der Waals surface area contributed by atoms with E-state index < -0.39 is 0 Å². The van der Waals surface area contributed by atoms with Gasteiger partial charge >= 0.3 is 0 Å². The van der Waals surface area contributed by atoms with Gasteiger partial charge in [0.25, 0.3) is 5.91 Å². The third kappa shape index (κ3) is 3.79. The fraction of sp³-hybridized carbons (Fsp3) is 0.400. The molecule has 0 atom stereocenters. The molecule has 4 nitrogen and oxygen atoms in total. The molecule has 94 valence electrons. The van der Waals surface area contributed by atoms with Crippen molar-refractivity contribution in [3.63, 3.8) is 0 Å². The molecule has 0 aliphatic heterocycles. The number of carbonyl (C=O) groups is 2. The van der Waals surface area contributed by atoms with Crippen LogP contribution < -0.4 is 0 Å². The molecule has 1 aromatic heterocycles. The molecule has 0 bridgehead atoms. The molecule has 17 heavy (non-hydrogen) atoms. The standard InChI is InChI=1S/C10H12Br2N2O2S/c1-13(2)8(15)5-14(3)10(16)7-4-6(11)9(12)17-7/h4H,5H2,1-3H3. The Morgan fingerprint density at radius 2 is 1.88 bits per heavy atom. The Morgan fingerprint density at radius 1 is 1.29 bits per heavy atom. The average Bonchev–Trinajstić information content (AvgIpc) is 2.57. The van der Waals surface area contributed by atoms with Gasteiger partial charge in [-0.15, -0.1) is 11.3 Å². The van der Waals surface area contributed by atoms with Crippen molar-refractivity contribution in [2.24, 2.45) is 0 Å². The lowest BCUT2D eigenvalue weighted by atomic mass is 10.4. The molecule has 0 unspecified atom stereocenters. The smallest absolute Gasteiger partial charge is 0.264 e. The van der Waals surface area contributed by atoms with Crippen LogP contribution in [0.25, 0.3) is 0 Å². The van der Waals surface area contributed by atoms with Crippen LogP contribution in [0.15, 0.2) is 14.3 Å². The number of rotatable bonds is 3. The van der Waals surface area contributed by atoms with Crippen molar-refractivity contribution >= 4 is 55.0 Å². The maximum atomic E-state index is 12.0. The van der Waals surface area contributed by atoms with Crippen molar-refractivity contribution in [1.82, 2.24) is 9.80 Å². The lowest BCUT2D eigenvalue weighted by Gasteiger charge is -2.18. The van der Waals surface area contributed by atoms with E-state index in [2.05, 4.69) is 31.9 Å². The van der Waals surface area contributed by atoms with Crippen LogP contribution in [0.2, 0.25) is 0 Å². The predicted octanol–water partition coefficient (Wildman–Crippen LogP) is 2.43. The van der Waals surface area contributed by atoms with Crippen molar-refractivity contribution < 1.29 is 9.59 Å². The highest BCUT2D eigenvalue weighted by Crippen LogP contribution is 2.32. The van der Waals surface area contributed by atoms with Crippen LogP contribution in [0, 0.1) is 0 Å². The minimum Gasteiger partial charge on any atom is -0.347 e. The number of hydrogen-bond acceptors (Lipinski definition) is 3. The molecule has 1 heterocycles. The zero-order chi connectivity index (χ0) is 13.2. The van der Waals surface area contributed by atoms with E-state index in [1.54, 1.807) is 27.2 Å². The first-order chi connectivity index (χ1) is 7.82. The molecule has 0 radical (unpaired) electrons. The van der Waals surface area contributed by atoms with Gasteiger partial charge in [0.2, 0.25) is 5.91 Å². The van der Waals surface area contributed by atoms with Gasteiger partial charge < -0.3 is 9.80 Å². The topological polar surface area (TPSA) is 40.6 Å². The fourth-order valence-corrected chi connectivity index (χ4v) is 3.09. The van der Waals surface area contributed by atoms with Gasteiger partial charge in [0.15, 0.2) is 0 Å². The summed E-state index contributed by atoms with van der Waals surface area (Å²) in [6.45, 7) is 0.0823. The summed E-state index contributed by atoms with van der Waals surface area (Å²) >= 11 is 8.00. The average molecular weight is 384 g/mol. The van der Waals surface area contributed by atoms with E-state index in [0.717, 1.165) is 8.26 Å². The second-order valence-electron chi connectivity index (χ2n) is 3.68. The number of halogens is 2. The Balaban J connectivity index is 2.73. The Hall–Kier alpha value is -0.400. The lowest BCUT2D eigenvalue weighted by Crippen LogP contribution is -2.37. The van der Waals surface area contributed by atoms with Crippen LogP contribution in [-0.4, -0.2) is 49.3 Å². The Bertz CT molecular complexity index is 426. The summed E-state index contributed by atoms with van der Waals surface area (Å²) < 4.78 is 1.71. The maximum absolute atomic E-state index is 12.0. The molecule has 0 spiro atoms. The fourth-order valence-electron chi connectivity index (χ4n) is 1.06. The summed E-state index contributed by atoms with van der Waals surface area (Å²) in [5, 5.41) is 0. The van der Waals surface area contributed by atoms with E-state index in [4.69, 9.17) is 0 Å². The van der Waals surface area contributed by atoms with Crippen molar-refractivity contribution in [3.8, 4) is 0 Å². The largest absolute Gasteiger partial charge is 0.347 e. The minimum atomic E-state index is -0.156. The van der Waals surface area contributed by atoms with Gasteiger partial charge in [-0.1, -0.05) is 0 Å². The number of nitrogens with zero attached hydrogens (tertiary/aromatic N) is 2. The van der Waals surface area contributed by atoms with Gasteiger partial charge in [0.1, 0.15) is 0 Å². The quantitative estimate of drug-likeness (QED) is 0.804. The summed E-state index contributed by atoms with van der Waals surface area (Å²) in [4.78, 5) is 26.9. The summed E-state index contributed by atoms with van der Waals surface area (Å²) in [5.41, 5.74) is 0. The van der Waals surface area contributed by atoms with Gasteiger partial charge in [-0.3, -0.25) is 9.59 Å². The molecule has 0 aliphatic carbocycles. The molecular weight excluding hydrogens is 372 g/mol. The first-order valence-corrected chi connectivity index (χ1v) is 7.13. The monoisotopic (exact) mass is 382 g/mol. The maximum Gasteiger partial charge on any atom is 0.264 e. The Kier molecular flexibility index (Phi) is 5.15. The number of likely N-dealkylation sites (N-methyl/N-ethyl adjacent to an activating group) is 2. The van der Waals surface area contributed by atoms with Crippen LogP contribution in [0.3, 0.4) is 0 Å². The van der Waals surface area contributed by atoms with E-state index in [9.17, 15) is 9.59 Å².